The summed E-state index contributed by atoms with van der Waals surface area (Å²) < 4.78 is 14.6. The Labute approximate surface area is 139 Å². The van der Waals surface area contributed by atoms with Crippen LogP contribution in [0.15, 0.2) is 40.9 Å². The van der Waals surface area contributed by atoms with E-state index in [1.165, 1.54) is 18.2 Å². The first-order valence-electron chi connectivity index (χ1n) is 6.06. The third kappa shape index (κ3) is 3.58. The molecule has 2 nitrogen and oxygen atoms in total. The summed E-state index contributed by atoms with van der Waals surface area (Å²) in [4.78, 5) is 12.2. The third-order valence-corrected chi connectivity index (χ3v) is 4.26. The number of hydrogen-bond acceptors (Lipinski definition) is 1. The van der Waals surface area contributed by atoms with E-state index < -0.39 is 0 Å². The number of carbonyl (C=O) groups is 1. The summed E-state index contributed by atoms with van der Waals surface area (Å²) in [7, 11) is 0. The lowest BCUT2D eigenvalue weighted by molar-refractivity contribution is 0.102. The van der Waals surface area contributed by atoms with Crippen LogP contribution < -0.4 is 5.32 Å². The minimum atomic E-state index is -0.344. The molecule has 0 unspecified atom stereocenters. The molecule has 0 spiro atoms. The zero-order valence-corrected chi connectivity index (χ0v) is 14.5. The number of amides is 1. The molecule has 2 aromatic carbocycles. The van der Waals surface area contributed by atoms with Crippen LogP contribution in [0.25, 0.3) is 0 Å². The molecule has 0 saturated heterocycles. The van der Waals surface area contributed by atoms with Crippen molar-refractivity contribution in [2.24, 2.45) is 0 Å². The van der Waals surface area contributed by atoms with E-state index in [9.17, 15) is 9.18 Å². The quantitative estimate of drug-likeness (QED) is 0.658. The summed E-state index contributed by atoms with van der Waals surface area (Å²) >= 11 is 5.37. The van der Waals surface area contributed by atoms with Crippen LogP contribution in [0.5, 0.6) is 0 Å². The van der Waals surface area contributed by atoms with Crippen LogP contribution in [0, 0.1) is 9.39 Å². The van der Waals surface area contributed by atoms with Crippen molar-refractivity contribution in [3.63, 3.8) is 0 Å². The lowest BCUT2D eigenvalue weighted by Crippen LogP contribution is -2.14. The lowest BCUT2D eigenvalue weighted by atomic mass is 10.1. The first-order chi connectivity index (χ1) is 9.51. The van der Waals surface area contributed by atoms with Gasteiger partial charge < -0.3 is 5.32 Å². The van der Waals surface area contributed by atoms with Gasteiger partial charge in [0.1, 0.15) is 5.82 Å². The summed E-state index contributed by atoms with van der Waals surface area (Å²) in [6.45, 7) is 2.03. The molecule has 0 radical (unpaired) electrons. The van der Waals surface area contributed by atoms with Crippen molar-refractivity contribution in [2.75, 3.05) is 5.32 Å². The largest absolute Gasteiger partial charge is 0.322 e. The normalized spacial score (nSPS) is 10.4. The third-order valence-electron chi connectivity index (χ3n) is 2.87. The molecule has 2 rings (SSSR count). The number of halogens is 3. The number of aryl methyl sites for hydroxylation is 1. The highest BCUT2D eigenvalue weighted by Gasteiger charge is 2.12. The highest BCUT2D eigenvalue weighted by Crippen LogP contribution is 2.23. The van der Waals surface area contributed by atoms with Crippen LogP contribution in [-0.2, 0) is 6.42 Å². The highest BCUT2D eigenvalue weighted by molar-refractivity contribution is 14.1. The SMILES string of the molecule is CCc1cc(Br)ccc1NC(=O)c1ccc(F)cc1I. The van der Waals surface area contributed by atoms with E-state index in [0.29, 0.717) is 9.13 Å². The molecule has 0 heterocycles. The average molecular weight is 448 g/mol. The van der Waals surface area contributed by atoms with Gasteiger partial charge in [-0.25, -0.2) is 4.39 Å². The molecule has 0 saturated carbocycles. The van der Waals surface area contributed by atoms with Gasteiger partial charge in [0, 0.05) is 13.7 Å². The van der Waals surface area contributed by atoms with Crippen molar-refractivity contribution in [1.29, 1.82) is 0 Å². The minimum absolute atomic E-state index is 0.230. The molecule has 0 bridgehead atoms. The van der Waals surface area contributed by atoms with Crippen molar-refractivity contribution in [2.45, 2.75) is 13.3 Å². The Hall–Kier alpha value is -0.950. The lowest BCUT2D eigenvalue weighted by Gasteiger charge is -2.11. The number of carbonyl (C=O) groups excluding carboxylic acids is 1. The topological polar surface area (TPSA) is 29.1 Å². The van der Waals surface area contributed by atoms with Gasteiger partial charge in [-0.1, -0.05) is 22.9 Å². The van der Waals surface area contributed by atoms with Gasteiger partial charge in [-0.3, -0.25) is 4.79 Å². The van der Waals surface area contributed by atoms with Crippen molar-refractivity contribution in [3.8, 4) is 0 Å². The fraction of sp³-hybridized carbons (Fsp3) is 0.133. The molecular weight excluding hydrogens is 436 g/mol. The summed E-state index contributed by atoms with van der Waals surface area (Å²) in [5.41, 5.74) is 2.29. The van der Waals surface area contributed by atoms with Crippen molar-refractivity contribution in [1.82, 2.24) is 0 Å². The van der Waals surface area contributed by atoms with E-state index in [1.54, 1.807) is 0 Å². The minimum Gasteiger partial charge on any atom is -0.322 e. The summed E-state index contributed by atoms with van der Waals surface area (Å²) in [5.74, 6) is -0.574. The van der Waals surface area contributed by atoms with Crippen LogP contribution in [0.2, 0.25) is 0 Å². The molecule has 1 N–H and O–H groups in total. The Bertz CT molecular complexity index is 660. The smallest absolute Gasteiger partial charge is 0.256 e. The van der Waals surface area contributed by atoms with E-state index in [4.69, 9.17) is 0 Å². The Morgan fingerprint density at radius 1 is 1.30 bits per heavy atom. The Morgan fingerprint density at radius 2 is 2.05 bits per heavy atom. The maximum Gasteiger partial charge on any atom is 0.256 e. The van der Waals surface area contributed by atoms with Crippen molar-refractivity contribution in [3.05, 3.63) is 61.4 Å². The Morgan fingerprint density at radius 3 is 2.70 bits per heavy atom. The second kappa shape index (κ2) is 6.67. The average Bonchev–Trinajstić information content (AvgIpc) is 2.40. The number of hydrogen-bond donors (Lipinski definition) is 1. The zero-order valence-electron chi connectivity index (χ0n) is 10.7. The molecule has 0 aromatic heterocycles. The van der Waals surface area contributed by atoms with Crippen LogP contribution in [-0.4, -0.2) is 5.91 Å². The molecule has 104 valence electrons. The number of benzene rings is 2. The molecule has 20 heavy (non-hydrogen) atoms. The van der Waals surface area contributed by atoms with E-state index in [-0.39, 0.29) is 11.7 Å². The summed E-state index contributed by atoms with van der Waals surface area (Å²) in [6.07, 6.45) is 0.815. The Kier molecular flexibility index (Phi) is 5.15. The van der Waals surface area contributed by atoms with Gasteiger partial charge in [-0.2, -0.15) is 0 Å². The van der Waals surface area contributed by atoms with Crippen LogP contribution >= 0.6 is 38.5 Å². The van der Waals surface area contributed by atoms with Gasteiger partial charge in [0.05, 0.1) is 5.56 Å². The fourth-order valence-corrected chi connectivity index (χ4v) is 2.97. The predicted octanol–water partition coefficient (Wildman–Crippen LogP) is 5.01. The van der Waals surface area contributed by atoms with Crippen molar-refractivity contribution < 1.29 is 9.18 Å². The summed E-state index contributed by atoms with van der Waals surface area (Å²) in [5, 5.41) is 2.88. The standard InChI is InChI=1S/C15H12BrFINO/c1-2-9-7-10(16)3-6-14(9)19-15(20)12-5-4-11(17)8-13(12)18/h3-8H,2H2,1H3,(H,19,20). The maximum atomic E-state index is 13.1. The van der Waals surface area contributed by atoms with Crippen LogP contribution in [0.4, 0.5) is 10.1 Å². The first-order valence-corrected chi connectivity index (χ1v) is 7.93. The van der Waals surface area contributed by atoms with E-state index in [1.807, 2.05) is 47.7 Å². The van der Waals surface area contributed by atoms with E-state index >= 15 is 0 Å². The van der Waals surface area contributed by atoms with Crippen LogP contribution in [0.3, 0.4) is 0 Å². The molecule has 0 atom stereocenters. The number of nitrogens with one attached hydrogen (secondary N) is 1. The highest BCUT2D eigenvalue weighted by atomic mass is 127. The van der Waals surface area contributed by atoms with Crippen LogP contribution in [0.1, 0.15) is 22.8 Å². The molecule has 1 amide bonds. The zero-order chi connectivity index (χ0) is 14.7. The first kappa shape index (κ1) is 15.4. The maximum absolute atomic E-state index is 13.1. The second-order valence-corrected chi connectivity index (χ2v) is 6.31. The van der Waals surface area contributed by atoms with E-state index in [0.717, 1.165) is 22.1 Å². The summed E-state index contributed by atoms with van der Waals surface area (Å²) in [6, 6.07) is 9.85. The molecule has 5 heteroatoms. The van der Waals surface area contributed by atoms with Gasteiger partial charge in [-0.05, 0) is 71.0 Å². The van der Waals surface area contributed by atoms with E-state index in [2.05, 4.69) is 21.2 Å². The Balaban J connectivity index is 2.28. The van der Waals surface area contributed by atoms with Gasteiger partial charge in [0.25, 0.3) is 5.91 Å². The molecular formula is C15H12BrFINO. The predicted molar refractivity (Wildman–Crippen MR) is 90.6 cm³/mol. The molecule has 0 aliphatic rings. The van der Waals surface area contributed by atoms with Gasteiger partial charge in [-0.15, -0.1) is 0 Å². The molecule has 0 aliphatic heterocycles. The molecule has 0 aliphatic carbocycles. The second-order valence-electron chi connectivity index (χ2n) is 4.23. The van der Waals surface area contributed by atoms with Gasteiger partial charge in [0.2, 0.25) is 0 Å². The fourth-order valence-electron chi connectivity index (χ4n) is 1.84. The number of anilines is 1. The number of rotatable bonds is 3. The monoisotopic (exact) mass is 447 g/mol. The molecule has 2 aromatic rings. The van der Waals surface area contributed by atoms with Gasteiger partial charge >= 0.3 is 0 Å². The molecule has 0 fully saturated rings. The van der Waals surface area contributed by atoms with Gasteiger partial charge in [0.15, 0.2) is 0 Å². The van der Waals surface area contributed by atoms with Crippen molar-refractivity contribution >= 4 is 50.1 Å².